The van der Waals surface area contributed by atoms with Gasteiger partial charge in [0.1, 0.15) is 11.5 Å². The molecule has 0 aliphatic carbocycles. The summed E-state index contributed by atoms with van der Waals surface area (Å²) >= 11 is 0. The summed E-state index contributed by atoms with van der Waals surface area (Å²) in [6, 6.07) is 25.4. The molecule has 0 radical (unpaired) electrons. The molecule has 0 saturated carbocycles. The summed E-state index contributed by atoms with van der Waals surface area (Å²) < 4.78 is 22.0. The lowest BCUT2D eigenvalue weighted by molar-refractivity contribution is 0.0309. The number of nitrogens with zero attached hydrogens (tertiary/aromatic N) is 2. The standard InChI is InChI=1S/C44H50N2O8/c1-5-7-9-11-13-31(3)51-41(47)35-19-27-39(28-20-35)53-43(49)33-15-23-37(24-16-33)45-46-38-25-17-34(18-26-38)44(50)54-40-29-21-36(22-30-40)42(48)52-32(4)14-12-10-8-6-2/h15-32H,5-14H2,1-4H3/t31-,32-/m0/s1. The fourth-order valence-corrected chi connectivity index (χ4v) is 5.43. The molecule has 54 heavy (non-hydrogen) atoms. The highest BCUT2D eigenvalue weighted by Crippen LogP contribution is 2.22. The molecule has 284 valence electrons. The van der Waals surface area contributed by atoms with Crippen LogP contribution in [0.1, 0.15) is 133 Å². The predicted molar refractivity (Wildman–Crippen MR) is 207 cm³/mol. The average Bonchev–Trinajstić information content (AvgIpc) is 3.18. The molecule has 0 heterocycles. The van der Waals surface area contributed by atoms with Crippen LogP contribution in [-0.4, -0.2) is 36.1 Å². The Bertz CT molecular complexity index is 1680. The van der Waals surface area contributed by atoms with E-state index in [0.29, 0.717) is 45.1 Å². The molecule has 10 heteroatoms. The van der Waals surface area contributed by atoms with E-state index < -0.39 is 23.9 Å². The van der Waals surface area contributed by atoms with Crippen LogP contribution >= 0.6 is 0 Å². The molecule has 2 atom stereocenters. The van der Waals surface area contributed by atoms with Crippen LogP contribution in [0.25, 0.3) is 0 Å². The van der Waals surface area contributed by atoms with E-state index >= 15 is 0 Å². The number of rotatable bonds is 20. The monoisotopic (exact) mass is 734 g/mol. The summed E-state index contributed by atoms with van der Waals surface area (Å²) in [7, 11) is 0. The molecule has 0 unspecified atom stereocenters. The van der Waals surface area contributed by atoms with E-state index in [9.17, 15) is 19.2 Å². The molecule has 0 amide bonds. The molecule has 4 aromatic carbocycles. The molecule has 0 spiro atoms. The second-order valence-electron chi connectivity index (χ2n) is 13.3. The highest BCUT2D eigenvalue weighted by Gasteiger charge is 2.15. The summed E-state index contributed by atoms with van der Waals surface area (Å²) in [5, 5.41) is 8.42. The molecule has 0 saturated heterocycles. The summed E-state index contributed by atoms with van der Waals surface area (Å²) in [6.45, 7) is 8.11. The molecule has 10 nitrogen and oxygen atoms in total. The van der Waals surface area contributed by atoms with Crippen molar-refractivity contribution in [2.45, 2.75) is 104 Å². The summed E-state index contributed by atoms with van der Waals surface area (Å²) in [5.41, 5.74) is 2.42. The number of azo groups is 1. The number of esters is 4. The minimum atomic E-state index is -0.562. The number of carbonyl (C=O) groups is 4. The lowest BCUT2D eigenvalue weighted by Gasteiger charge is -2.13. The number of hydrogen-bond donors (Lipinski definition) is 0. The summed E-state index contributed by atoms with van der Waals surface area (Å²) in [6.07, 6.45) is 10.3. The maximum atomic E-state index is 12.7. The zero-order valence-corrected chi connectivity index (χ0v) is 31.6. The number of unbranched alkanes of at least 4 members (excludes halogenated alkanes) is 6. The normalized spacial score (nSPS) is 12.1. The van der Waals surface area contributed by atoms with Gasteiger partial charge in [0.05, 0.1) is 45.8 Å². The fraction of sp³-hybridized carbons (Fsp3) is 0.364. The van der Waals surface area contributed by atoms with Gasteiger partial charge in [0.15, 0.2) is 0 Å². The third kappa shape index (κ3) is 13.7. The molecule has 0 N–H and O–H groups in total. The quantitative estimate of drug-likeness (QED) is 0.0379. The molecule has 4 rings (SSSR count). The van der Waals surface area contributed by atoms with Gasteiger partial charge < -0.3 is 18.9 Å². The van der Waals surface area contributed by atoms with Crippen molar-refractivity contribution in [3.05, 3.63) is 119 Å². The number of carbonyl (C=O) groups excluding carboxylic acids is 4. The Morgan fingerprint density at radius 1 is 0.444 bits per heavy atom. The minimum Gasteiger partial charge on any atom is -0.459 e. The number of ether oxygens (including phenoxy) is 4. The third-order valence-corrected chi connectivity index (χ3v) is 8.63. The predicted octanol–water partition coefficient (Wildman–Crippen LogP) is 11.6. The van der Waals surface area contributed by atoms with Crippen molar-refractivity contribution in [3.63, 3.8) is 0 Å². The van der Waals surface area contributed by atoms with E-state index in [2.05, 4.69) is 24.1 Å². The molecular formula is C44H50N2O8. The Morgan fingerprint density at radius 2 is 0.759 bits per heavy atom. The van der Waals surface area contributed by atoms with Crippen molar-refractivity contribution in [2.75, 3.05) is 0 Å². The molecule has 0 bridgehead atoms. The van der Waals surface area contributed by atoms with E-state index in [1.807, 2.05) is 13.8 Å². The highest BCUT2D eigenvalue weighted by molar-refractivity contribution is 5.93. The molecule has 4 aromatic rings. The Labute approximate surface area is 317 Å². The van der Waals surface area contributed by atoms with Crippen molar-refractivity contribution in [1.82, 2.24) is 0 Å². The van der Waals surface area contributed by atoms with Gasteiger partial charge in [-0.05, 0) is 137 Å². The zero-order valence-electron chi connectivity index (χ0n) is 31.6. The van der Waals surface area contributed by atoms with Crippen LogP contribution in [0.15, 0.2) is 107 Å². The topological polar surface area (TPSA) is 130 Å². The van der Waals surface area contributed by atoms with Crippen LogP contribution < -0.4 is 9.47 Å². The van der Waals surface area contributed by atoms with E-state index in [4.69, 9.17) is 18.9 Å². The van der Waals surface area contributed by atoms with Gasteiger partial charge in [-0.15, -0.1) is 0 Å². The SMILES string of the molecule is CCCCCC[C@H](C)OC(=O)c1ccc(OC(=O)c2ccc(N=Nc3ccc(C(=O)Oc4ccc(C(=O)O[C@@H](C)CCCCCC)cc4)cc3)cc2)cc1. The van der Waals surface area contributed by atoms with Gasteiger partial charge in [0, 0.05) is 0 Å². The molecular weight excluding hydrogens is 684 g/mol. The van der Waals surface area contributed by atoms with Gasteiger partial charge in [-0.3, -0.25) is 0 Å². The Balaban J connectivity index is 1.21. The van der Waals surface area contributed by atoms with Crippen molar-refractivity contribution < 1.29 is 38.1 Å². The van der Waals surface area contributed by atoms with Crippen LogP contribution in [-0.2, 0) is 9.47 Å². The van der Waals surface area contributed by atoms with E-state index in [1.54, 1.807) is 97.1 Å². The smallest absolute Gasteiger partial charge is 0.343 e. The van der Waals surface area contributed by atoms with Crippen LogP contribution in [0.5, 0.6) is 11.5 Å². The van der Waals surface area contributed by atoms with Gasteiger partial charge in [-0.25, -0.2) is 19.2 Å². The van der Waals surface area contributed by atoms with Crippen molar-refractivity contribution >= 4 is 35.3 Å². The zero-order chi connectivity index (χ0) is 38.7. The van der Waals surface area contributed by atoms with Gasteiger partial charge in [-0.1, -0.05) is 52.4 Å². The number of hydrogen-bond acceptors (Lipinski definition) is 10. The van der Waals surface area contributed by atoms with Crippen molar-refractivity contribution in [2.24, 2.45) is 10.2 Å². The van der Waals surface area contributed by atoms with Crippen LogP contribution in [0.3, 0.4) is 0 Å². The van der Waals surface area contributed by atoms with Gasteiger partial charge in [0.25, 0.3) is 0 Å². The van der Waals surface area contributed by atoms with Gasteiger partial charge >= 0.3 is 23.9 Å². The lowest BCUT2D eigenvalue weighted by atomic mass is 10.1. The third-order valence-electron chi connectivity index (χ3n) is 8.63. The van der Waals surface area contributed by atoms with Crippen molar-refractivity contribution in [1.29, 1.82) is 0 Å². The fourth-order valence-electron chi connectivity index (χ4n) is 5.43. The average molecular weight is 735 g/mol. The molecule has 0 aliphatic heterocycles. The number of benzene rings is 4. The summed E-state index contributed by atoms with van der Waals surface area (Å²) in [4.78, 5) is 50.4. The van der Waals surface area contributed by atoms with Crippen molar-refractivity contribution in [3.8, 4) is 11.5 Å². The first-order valence-electron chi connectivity index (χ1n) is 18.8. The van der Waals surface area contributed by atoms with Gasteiger partial charge in [-0.2, -0.15) is 10.2 Å². The van der Waals surface area contributed by atoms with Crippen LogP contribution in [0, 0.1) is 0 Å². The maximum Gasteiger partial charge on any atom is 0.343 e. The molecule has 0 aromatic heterocycles. The molecule has 0 fully saturated rings. The Morgan fingerprint density at radius 3 is 1.09 bits per heavy atom. The largest absolute Gasteiger partial charge is 0.459 e. The van der Waals surface area contributed by atoms with Crippen LogP contribution in [0.2, 0.25) is 0 Å². The lowest BCUT2D eigenvalue weighted by Crippen LogP contribution is -2.15. The van der Waals surface area contributed by atoms with E-state index in [-0.39, 0.29) is 12.2 Å². The minimum absolute atomic E-state index is 0.165. The molecule has 0 aliphatic rings. The highest BCUT2D eigenvalue weighted by atomic mass is 16.6. The first kappa shape index (κ1) is 41.1. The van der Waals surface area contributed by atoms with E-state index in [1.165, 1.54) is 12.8 Å². The first-order chi connectivity index (χ1) is 26.1. The maximum absolute atomic E-state index is 12.7. The van der Waals surface area contributed by atoms with Crippen LogP contribution in [0.4, 0.5) is 11.4 Å². The Hall–Kier alpha value is -5.64. The second kappa shape index (κ2) is 21.8. The van der Waals surface area contributed by atoms with Gasteiger partial charge in [0.2, 0.25) is 0 Å². The second-order valence-corrected chi connectivity index (χ2v) is 13.3. The van der Waals surface area contributed by atoms with E-state index in [0.717, 1.165) is 51.4 Å². The summed E-state index contributed by atoms with van der Waals surface area (Å²) in [5.74, 6) is -1.34. The first-order valence-corrected chi connectivity index (χ1v) is 18.8. The Kier molecular flexibility index (Phi) is 16.6.